The zero-order chi connectivity index (χ0) is 18.7. The van der Waals surface area contributed by atoms with Crippen LogP contribution in [0.2, 0.25) is 0 Å². The van der Waals surface area contributed by atoms with E-state index in [1.54, 1.807) is 24.3 Å². The molecule has 3 rings (SSSR count). The molecule has 0 spiro atoms. The van der Waals surface area contributed by atoms with Crippen molar-refractivity contribution in [3.05, 3.63) is 29.8 Å². The van der Waals surface area contributed by atoms with Crippen molar-refractivity contribution < 1.29 is 19.1 Å². The highest BCUT2D eigenvalue weighted by Crippen LogP contribution is 2.33. The molecule has 3 N–H and O–H groups in total. The lowest BCUT2D eigenvalue weighted by molar-refractivity contribution is -0.142. The van der Waals surface area contributed by atoms with E-state index < -0.39 is 6.17 Å². The van der Waals surface area contributed by atoms with Crippen molar-refractivity contribution in [1.82, 2.24) is 15.1 Å². The molecule has 2 fully saturated rings. The van der Waals surface area contributed by atoms with Gasteiger partial charge in [-0.15, -0.1) is 0 Å². The largest absolute Gasteiger partial charge is 0.497 e. The number of benzene rings is 1. The molecule has 8 heteroatoms. The predicted octanol–water partition coefficient (Wildman–Crippen LogP) is -0.209. The number of ether oxygens (including phenoxy) is 1. The molecular formula is C18H24N4O4. The van der Waals surface area contributed by atoms with Crippen molar-refractivity contribution in [3.63, 3.8) is 0 Å². The molecule has 1 saturated carbocycles. The number of hydrogen-bond donors (Lipinski definition) is 2. The normalized spacial score (nSPS) is 19.4. The molecule has 0 aromatic heterocycles. The van der Waals surface area contributed by atoms with Gasteiger partial charge < -0.3 is 25.6 Å². The van der Waals surface area contributed by atoms with E-state index in [4.69, 9.17) is 10.5 Å². The van der Waals surface area contributed by atoms with E-state index in [9.17, 15) is 14.4 Å². The van der Waals surface area contributed by atoms with Gasteiger partial charge in [0.2, 0.25) is 5.91 Å². The average molecular weight is 360 g/mol. The van der Waals surface area contributed by atoms with Crippen molar-refractivity contribution in [2.75, 3.05) is 33.3 Å². The number of amides is 3. The van der Waals surface area contributed by atoms with Crippen LogP contribution in [0.5, 0.6) is 5.75 Å². The third-order valence-corrected chi connectivity index (χ3v) is 4.64. The summed E-state index contributed by atoms with van der Waals surface area (Å²) in [6, 6.07) is 6.77. The van der Waals surface area contributed by atoms with Crippen molar-refractivity contribution in [3.8, 4) is 5.75 Å². The Morgan fingerprint density at radius 2 is 1.96 bits per heavy atom. The molecule has 140 valence electrons. The molecule has 0 radical (unpaired) electrons. The highest BCUT2D eigenvalue weighted by atomic mass is 16.5. The molecule has 1 heterocycles. The standard InChI is InChI=1S/C18H24N4O4/c1-26-14-4-2-3-13(11-14)18(25)22-10-9-21(17(24)12-5-6-12)16(22)15(23)20-8-7-19/h2-4,11-12,16H,5-10,19H2,1H3,(H,20,23). The van der Waals surface area contributed by atoms with Crippen LogP contribution in [0, 0.1) is 5.92 Å². The van der Waals surface area contributed by atoms with Crippen LogP contribution in [0.3, 0.4) is 0 Å². The number of carbonyl (C=O) groups is 3. The average Bonchev–Trinajstić information content (AvgIpc) is 3.43. The molecule has 1 saturated heterocycles. The zero-order valence-electron chi connectivity index (χ0n) is 14.8. The number of carbonyl (C=O) groups excluding carboxylic acids is 3. The molecule has 1 aliphatic carbocycles. The summed E-state index contributed by atoms with van der Waals surface area (Å²) in [4.78, 5) is 41.2. The topological polar surface area (TPSA) is 105 Å². The lowest BCUT2D eigenvalue weighted by Crippen LogP contribution is -2.54. The summed E-state index contributed by atoms with van der Waals surface area (Å²) >= 11 is 0. The third kappa shape index (κ3) is 3.65. The number of hydrogen-bond acceptors (Lipinski definition) is 5. The van der Waals surface area contributed by atoms with E-state index >= 15 is 0 Å². The lowest BCUT2D eigenvalue weighted by atomic mass is 10.2. The first-order chi connectivity index (χ1) is 12.6. The van der Waals surface area contributed by atoms with E-state index in [0.29, 0.717) is 37.5 Å². The van der Waals surface area contributed by atoms with Crippen LogP contribution in [-0.2, 0) is 9.59 Å². The molecule has 1 atom stereocenters. The number of nitrogens with two attached hydrogens (primary N) is 1. The van der Waals surface area contributed by atoms with Gasteiger partial charge in [-0.25, -0.2) is 0 Å². The minimum absolute atomic E-state index is 0.0216. The molecule has 3 amide bonds. The van der Waals surface area contributed by atoms with Crippen LogP contribution in [-0.4, -0.2) is 67.0 Å². The fourth-order valence-corrected chi connectivity index (χ4v) is 3.13. The Bertz CT molecular complexity index is 704. The van der Waals surface area contributed by atoms with Crippen molar-refractivity contribution >= 4 is 17.7 Å². The molecule has 26 heavy (non-hydrogen) atoms. The smallest absolute Gasteiger partial charge is 0.263 e. The van der Waals surface area contributed by atoms with Gasteiger partial charge in [0, 0.05) is 37.7 Å². The molecule has 1 unspecified atom stereocenters. The molecule has 0 bridgehead atoms. The van der Waals surface area contributed by atoms with E-state index in [-0.39, 0.29) is 23.6 Å². The first kappa shape index (κ1) is 18.2. The first-order valence-corrected chi connectivity index (χ1v) is 8.80. The van der Waals surface area contributed by atoms with Crippen molar-refractivity contribution in [2.45, 2.75) is 19.0 Å². The van der Waals surface area contributed by atoms with E-state index in [1.165, 1.54) is 16.9 Å². The minimum Gasteiger partial charge on any atom is -0.497 e. The maximum absolute atomic E-state index is 13.0. The molecule has 1 aromatic rings. The van der Waals surface area contributed by atoms with E-state index in [0.717, 1.165) is 12.8 Å². The Balaban J connectivity index is 1.84. The fourth-order valence-electron chi connectivity index (χ4n) is 3.13. The first-order valence-electron chi connectivity index (χ1n) is 8.80. The summed E-state index contributed by atoms with van der Waals surface area (Å²) in [5, 5.41) is 2.70. The Kier molecular flexibility index (Phi) is 5.41. The van der Waals surface area contributed by atoms with Gasteiger partial charge in [-0.3, -0.25) is 14.4 Å². The predicted molar refractivity (Wildman–Crippen MR) is 94.3 cm³/mol. The molecule has 2 aliphatic rings. The maximum Gasteiger partial charge on any atom is 0.263 e. The van der Waals surface area contributed by atoms with Crippen LogP contribution in [0.4, 0.5) is 0 Å². The monoisotopic (exact) mass is 360 g/mol. The highest BCUT2D eigenvalue weighted by Gasteiger charge is 2.46. The van der Waals surface area contributed by atoms with Gasteiger partial charge in [0.05, 0.1) is 7.11 Å². The summed E-state index contributed by atoms with van der Waals surface area (Å²) in [6.45, 7) is 1.25. The van der Waals surface area contributed by atoms with Crippen LogP contribution in [0.1, 0.15) is 23.2 Å². The van der Waals surface area contributed by atoms with Crippen molar-refractivity contribution in [1.29, 1.82) is 0 Å². The summed E-state index contributed by atoms with van der Waals surface area (Å²) in [7, 11) is 1.53. The van der Waals surface area contributed by atoms with E-state index in [2.05, 4.69) is 5.32 Å². The Morgan fingerprint density at radius 1 is 1.23 bits per heavy atom. The minimum atomic E-state index is -0.937. The number of nitrogens with one attached hydrogen (secondary N) is 1. The van der Waals surface area contributed by atoms with Crippen molar-refractivity contribution in [2.24, 2.45) is 11.7 Å². The molecule has 1 aliphatic heterocycles. The SMILES string of the molecule is COc1cccc(C(=O)N2CCN(C(=O)C3CC3)C2C(=O)NCCN)c1. The Hall–Kier alpha value is -2.61. The zero-order valence-corrected chi connectivity index (χ0v) is 14.8. The molecule has 1 aromatic carbocycles. The van der Waals surface area contributed by atoms with Crippen LogP contribution in [0.15, 0.2) is 24.3 Å². The Morgan fingerprint density at radius 3 is 2.62 bits per heavy atom. The molecular weight excluding hydrogens is 336 g/mol. The van der Waals surface area contributed by atoms with Gasteiger partial charge in [0.1, 0.15) is 5.75 Å². The summed E-state index contributed by atoms with van der Waals surface area (Å²) in [6.07, 6.45) is 0.750. The number of rotatable bonds is 6. The quantitative estimate of drug-likeness (QED) is 0.730. The van der Waals surface area contributed by atoms with Crippen LogP contribution >= 0.6 is 0 Å². The number of methoxy groups -OCH3 is 1. The molecule has 8 nitrogen and oxygen atoms in total. The Labute approximate surface area is 152 Å². The summed E-state index contributed by atoms with van der Waals surface area (Å²) < 4.78 is 5.17. The van der Waals surface area contributed by atoms with Crippen LogP contribution in [0.25, 0.3) is 0 Å². The van der Waals surface area contributed by atoms with Gasteiger partial charge in [-0.05, 0) is 31.0 Å². The van der Waals surface area contributed by atoms with E-state index in [1.807, 2.05) is 0 Å². The highest BCUT2D eigenvalue weighted by molar-refractivity contribution is 5.99. The maximum atomic E-state index is 13.0. The summed E-state index contributed by atoms with van der Waals surface area (Å²) in [5.74, 6) is -0.197. The van der Waals surface area contributed by atoms with Crippen LogP contribution < -0.4 is 15.8 Å². The van der Waals surface area contributed by atoms with Gasteiger partial charge in [-0.1, -0.05) is 6.07 Å². The number of nitrogens with zero attached hydrogens (tertiary/aromatic N) is 2. The van der Waals surface area contributed by atoms with Gasteiger partial charge in [-0.2, -0.15) is 0 Å². The lowest BCUT2D eigenvalue weighted by Gasteiger charge is -2.29. The second-order valence-corrected chi connectivity index (χ2v) is 6.49. The van der Waals surface area contributed by atoms with Gasteiger partial charge >= 0.3 is 0 Å². The third-order valence-electron chi connectivity index (χ3n) is 4.64. The second-order valence-electron chi connectivity index (χ2n) is 6.49. The fraction of sp³-hybridized carbons (Fsp3) is 0.500. The van der Waals surface area contributed by atoms with Gasteiger partial charge in [0.25, 0.3) is 11.8 Å². The summed E-state index contributed by atoms with van der Waals surface area (Å²) in [5.41, 5.74) is 5.87. The second kappa shape index (κ2) is 7.74. The van der Waals surface area contributed by atoms with Gasteiger partial charge in [0.15, 0.2) is 6.17 Å².